The van der Waals surface area contributed by atoms with Crippen LogP contribution in [0.2, 0.25) is 0 Å². The molecule has 28 heavy (non-hydrogen) atoms. The van der Waals surface area contributed by atoms with Crippen molar-refractivity contribution in [1.29, 1.82) is 0 Å². The van der Waals surface area contributed by atoms with Gasteiger partial charge in [0.15, 0.2) is 0 Å². The van der Waals surface area contributed by atoms with E-state index in [0.29, 0.717) is 6.54 Å². The summed E-state index contributed by atoms with van der Waals surface area (Å²) in [6.45, 7) is 4.92. The summed E-state index contributed by atoms with van der Waals surface area (Å²) in [6, 6.07) is 0. The van der Waals surface area contributed by atoms with Crippen LogP contribution in [-0.2, 0) is 0 Å². The SMILES string of the molecule is CCCCCCCCC=CCCCCCCCCCCCCNCCCN[O-]. The van der Waals surface area contributed by atoms with E-state index in [0.717, 1.165) is 19.5 Å². The Labute approximate surface area is 177 Å². The van der Waals surface area contributed by atoms with E-state index < -0.39 is 0 Å². The van der Waals surface area contributed by atoms with Crippen molar-refractivity contribution in [2.45, 2.75) is 129 Å². The minimum atomic E-state index is 0.572. The van der Waals surface area contributed by atoms with Crippen molar-refractivity contribution in [3.8, 4) is 0 Å². The van der Waals surface area contributed by atoms with Gasteiger partial charge in [-0.15, -0.1) is 0 Å². The van der Waals surface area contributed by atoms with Crippen LogP contribution in [0.3, 0.4) is 0 Å². The van der Waals surface area contributed by atoms with Crippen LogP contribution in [0.5, 0.6) is 0 Å². The monoisotopic (exact) mass is 395 g/mol. The van der Waals surface area contributed by atoms with Crippen molar-refractivity contribution in [1.82, 2.24) is 10.8 Å². The smallest absolute Gasteiger partial charge is 0.00371 e. The first kappa shape index (κ1) is 27.6. The third kappa shape index (κ3) is 25.6. The molecule has 0 spiro atoms. The maximum absolute atomic E-state index is 10.1. The van der Waals surface area contributed by atoms with E-state index in [1.807, 2.05) is 5.48 Å². The Morgan fingerprint density at radius 2 is 0.929 bits per heavy atom. The zero-order chi connectivity index (χ0) is 20.4. The molecule has 0 aromatic rings. The molecule has 0 atom stereocenters. The molecule has 0 aromatic carbocycles. The topological polar surface area (TPSA) is 47.1 Å². The molecule has 0 radical (unpaired) electrons. The van der Waals surface area contributed by atoms with Gasteiger partial charge in [0.05, 0.1) is 0 Å². The van der Waals surface area contributed by atoms with E-state index in [9.17, 15) is 5.21 Å². The molecular formula is C25H51N2O-. The minimum Gasteiger partial charge on any atom is -0.788 e. The van der Waals surface area contributed by atoms with E-state index in [2.05, 4.69) is 24.4 Å². The Kier molecular flexibility index (Phi) is 26.3. The second-order valence-electron chi connectivity index (χ2n) is 8.35. The maximum atomic E-state index is 10.1. The highest BCUT2D eigenvalue weighted by Gasteiger charge is 1.94. The zero-order valence-corrected chi connectivity index (χ0v) is 19.1. The Morgan fingerprint density at radius 3 is 1.43 bits per heavy atom. The van der Waals surface area contributed by atoms with Gasteiger partial charge >= 0.3 is 0 Å². The Morgan fingerprint density at radius 1 is 0.500 bits per heavy atom. The number of unbranched alkanes of at least 4 members (excludes halogenated alkanes) is 16. The number of allylic oxidation sites excluding steroid dienone is 2. The highest BCUT2D eigenvalue weighted by Crippen LogP contribution is 2.12. The van der Waals surface area contributed by atoms with E-state index in [1.54, 1.807) is 0 Å². The fourth-order valence-corrected chi connectivity index (χ4v) is 3.62. The first-order valence-electron chi connectivity index (χ1n) is 12.6. The van der Waals surface area contributed by atoms with Gasteiger partial charge in [0, 0.05) is 0 Å². The second kappa shape index (κ2) is 26.6. The molecule has 0 aromatic heterocycles. The standard InChI is InChI=1S/C25H51N2O/c1-2-3-4-5-6-7-8-9-10-11-12-13-14-15-16-17-18-19-20-21-23-26-24-22-25-27-28/h9-10,26-27H,2-8,11-25H2,1H3/q-1. The molecule has 3 nitrogen and oxygen atoms in total. The van der Waals surface area contributed by atoms with Gasteiger partial charge in [-0.3, -0.25) is 0 Å². The van der Waals surface area contributed by atoms with Crippen LogP contribution in [0.1, 0.15) is 129 Å². The number of rotatable bonds is 24. The molecule has 0 aliphatic carbocycles. The third-order valence-electron chi connectivity index (χ3n) is 5.50. The van der Waals surface area contributed by atoms with Gasteiger partial charge in [-0.1, -0.05) is 103 Å². The molecule has 0 rings (SSSR count). The van der Waals surface area contributed by atoms with Gasteiger partial charge in [-0.2, -0.15) is 0 Å². The molecule has 0 unspecified atom stereocenters. The molecule has 0 aliphatic heterocycles. The fraction of sp³-hybridized carbons (Fsp3) is 0.920. The number of hydrogen-bond acceptors (Lipinski definition) is 3. The van der Waals surface area contributed by atoms with Crippen molar-refractivity contribution < 1.29 is 0 Å². The van der Waals surface area contributed by atoms with E-state index in [-0.39, 0.29) is 0 Å². The molecular weight excluding hydrogens is 344 g/mol. The molecule has 2 N–H and O–H groups in total. The van der Waals surface area contributed by atoms with Crippen LogP contribution in [0.15, 0.2) is 12.2 Å². The predicted molar refractivity (Wildman–Crippen MR) is 127 cm³/mol. The highest BCUT2D eigenvalue weighted by molar-refractivity contribution is 4.81. The Hall–Kier alpha value is -0.380. The van der Waals surface area contributed by atoms with Crippen molar-refractivity contribution in [2.75, 3.05) is 19.6 Å². The molecule has 0 amide bonds. The molecule has 0 aliphatic rings. The summed E-state index contributed by atoms with van der Waals surface area (Å²) >= 11 is 0. The summed E-state index contributed by atoms with van der Waals surface area (Å²) < 4.78 is 0. The van der Waals surface area contributed by atoms with Gasteiger partial charge < -0.3 is 16.0 Å². The summed E-state index contributed by atoms with van der Waals surface area (Å²) in [4.78, 5) is 0. The minimum absolute atomic E-state index is 0.572. The average molecular weight is 396 g/mol. The molecule has 3 heteroatoms. The lowest BCUT2D eigenvalue weighted by Gasteiger charge is -2.07. The van der Waals surface area contributed by atoms with Crippen LogP contribution in [0, 0.1) is 5.21 Å². The number of nitrogens with one attached hydrogen (secondary N) is 2. The quantitative estimate of drug-likeness (QED) is 0.100. The lowest BCUT2D eigenvalue weighted by Crippen LogP contribution is -2.20. The summed E-state index contributed by atoms with van der Waals surface area (Å²) in [5.41, 5.74) is 1.94. The zero-order valence-electron chi connectivity index (χ0n) is 19.1. The van der Waals surface area contributed by atoms with Gasteiger partial charge in [0.1, 0.15) is 0 Å². The summed E-state index contributed by atoms with van der Waals surface area (Å²) in [5.74, 6) is 0. The van der Waals surface area contributed by atoms with Gasteiger partial charge in [-0.05, 0) is 58.2 Å². The summed E-state index contributed by atoms with van der Waals surface area (Å²) in [6.07, 6.45) is 30.7. The Bertz CT molecular complexity index is 294. The number of hydrogen-bond donors (Lipinski definition) is 2. The molecule has 0 fully saturated rings. The third-order valence-corrected chi connectivity index (χ3v) is 5.50. The van der Waals surface area contributed by atoms with Crippen LogP contribution in [0.4, 0.5) is 0 Å². The normalized spacial score (nSPS) is 11.6. The maximum Gasteiger partial charge on any atom is -0.00371 e. The number of hydroxylamine groups is 1. The Balaban J connectivity index is 3.03. The van der Waals surface area contributed by atoms with Crippen LogP contribution >= 0.6 is 0 Å². The second-order valence-corrected chi connectivity index (χ2v) is 8.35. The lowest BCUT2D eigenvalue weighted by molar-refractivity contribution is 0.538. The summed E-state index contributed by atoms with van der Waals surface area (Å²) in [7, 11) is 0. The lowest BCUT2D eigenvalue weighted by atomic mass is 10.1. The van der Waals surface area contributed by atoms with Crippen LogP contribution in [0.25, 0.3) is 0 Å². The van der Waals surface area contributed by atoms with Crippen molar-refractivity contribution in [3.63, 3.8) is 0 Å². The van der Waals surface area contributed by atoms with Crippen LogP contribution < -0.4 is 10.8 Å². The highest BCUT2D eigenvalue weighted by atomic mass is 16.5. The van der Waals surface area contributed by atoms with E-state index >= 15 is 0 Å². The predicted octanol–water partition coefficient (Wildman–Crippen LogP) is 7.65. The van der Waals surface area contributed by atoms with E-state index in [4.69, 9.17) is 0 Å². The average Bonchev–Trinajstić information content (AvgIpc) is 2.71. The van der Waals surface area contributed by atoms with Crippen molar-refractivity contribution in [3.05, 3.63) is 17.4 Å². The van der Waals surface area contributed by atoms with Crippen molar-refractivity contribution in [2.24, 2.45) is 0 Å². The largest absolute Gasteiger partial charge is 0.788 e. The van der Waals surface area contributed by atoms with Crippen molar-refractivity contribution >= 4 is 0 Å². The molecule has 0 saturated heterocycles. The van der Waals surface area contributed by atoms with E-state index in [1.165, 1.54) is 116 Å². The molecule has 0 bridgehead atoms. The molecule has 168 valence electrons. The first-order valence-corrected chi connectivity index (χ1v) is 12.6. The van der Waals surface area contributed by atoms with Gasteiger partial charge in [0.2, 0.25) is 0 Å². The first-order chi connectivity index (χ1) is 13.9. The van der Waals surface area contributed by atoms with Crippen LogP contribution in [-0.4, -0.2) is 19.6 Å². The van der Waals surface area contributed by atoms with Gasteiger partial charge in [-0.25, -0.2) is 0 Å². The fourth-order valence-electron chi connectivity index (χ4n) is 3.62. The molecule has 0 saturated carbocycles. The van der Waals surface area contributed by atoms with Gasteiger partial charge in [0.25, 0.3) is 0 Å². The molecule has 0 heterocycles. The summed E-state index contributed by atoms with van der Waals surface area (Å²) in [5, 5.41) is 13.5.